The van der Waals surface area contributed by atoms with Crippen LogP contribution < -0.4 is 10.2 Å². The number of rotatable bonds is 3. The van der Waals surface area contributed by atoms with Gasteiger partial charge < -0.3 is 15.0 Å². The van der Waals surface area contributed by atoms with E-state index in [-0.39, 0.29) is 0 Å². The predicted molar refractivity (Wildman–Crippen MR) is 80.0 cm³/mol. The van der Waals surface area contributed by atoms with Crippen molar-refractivity contribution in [3.05, 3.63) is 24.3 Å². The summed E-state index contributed by atoms with van der Waals surface area (Å²) in [5.74, 6) is 0. The van der Waals surface area contributed by atoms with Crippen molar-refractivity contribution in [3.8, 4) is 0 Å². The lowest BCUT2D eigenvalue weighted by molar-refractivity contribution is 0.144. The monoisotopic (exact) mass is 260 g/mol. The molecule has 19 heavy (non-hydrogen) atoms. The van der Waals surface area contributed by atoms with Crippen LogP contribution >= 0.6 is 0 Å². The molecule has 0 saturated carbocycles. The third-order valence-corrected chi connectivity index (χ3v) is 4.16. The first-order valence-corrected chi connectivity index (χ1v) is 7.61. The molecular formula is C16H24N2O. The number of ether oxygens (including phenoxy) is 1. The first-order valence-electron chi connectivity index (χ1n) is 7.61. The van der Waals surface area contributed by atoms with E-state index >= 15 is 0 Å². The van der Waals surface area contributed by atoms with Gasteiger partial charge in [-0.2, -0.15) is 0 Å². The molecule has 2 fully saturated rings. The van der Waals surface area contributed by atoms with E-state index in [1.807, 2.05) is 0 Å². The molecule has 0 amide bonds. The Labute approximate surface area is 115 Å². The maximum absolute atomic E-state index is 5.50. The predicted octanol–water partition coefficient (Wildman–Crippen LogP) is 3.27. The minimum absolute atomic E-state index is 0.570. The van der Waals surface area contributed by atoms with Gasteiger partial charge in [-0.1, -0.05) is 0 Å². The van der Waals surface area contributed by atoms with E-state index in [1.54, 1.807) is 0 Å². The van der Waals surface area contributed by atoms with Crippen LogP contribution in [0.15, 0.2) is 24.3 Å². The van der Waals surface area contributed by atoms with Crippen LogP contribution in [0.4, 0.5) is 11.4 Å². The Balaban J connectivity index is 1.58. The largest absolute Gasteiger partial charge is 0.382 e. The zero-order valence-electron chi connectivity index (χ0n) is 11.6. The van der Waals surface area contributed by atoms with Crippen molar-refractivity contribution in [1.29, 1.82) is 0 Å². The fourth-order valence-electron chi connectivity index (χ4n) is 3.03. The second-order valence-electron chi connectivity index (χ2n) is 5.63. The highest BCUT2D eigenvalue weighted by atomic mass is 16.5. The minimum Gasteiger partial charge on any atom is -0.382 e. The van der Waals surface area contributed by atoms with E-state index in [0.29, 0.717) is 6.04 Å². The third kappa shape index (κ3) is 3.41. The fourth-order valence-corrected chi connectivity index (χ4v) is 3.03. The number of benzene rings is 1. The Hall–Kier alpha value is -1.22. The first kappa shape index (κ1) is 12.8. The standard InChI is InChI=1S/C16H24N2O/c1-2-11-18(10-1)16-7-5-15(6-8-16)17-14-4-3-12-19-13-9-14/h5-8,14,17H,1-4,9-13H2. The van der Waals surface area contributed by atoms with Crippen molar-refractivity contribution in [3.63, 3.8) is 0 Å². The summed E-state index contributed by atoms with van der Waals surface area (Å²) >= 11 is 0. The summed E-state index contributed by atoms with van der Waals surface area (Å²) in [5.41, 5.74) is 2.61. The Kier molecular flexibility index (Phi) is 4.23. The third-order valence-electron chi connectivity index (χ3n) is 4.16. The van der Waals surface area contributed by atoms with E-state index in [0.717, 1.165) is 19.6 Å². The van der Waals surface area contributed by atoms with Crippen LogP contribution in [0.1, 0.15) is 32.1 Å². The molecule has 2 aliphatic rings. The highest BCUT2D eigenvalue weighted by Gasteiger charge is 2.14. The molecule has 1 unspecified atom stereocenters. The zero-order chi connectivity index (χ0) is 12.9. The Morgan fingerprint density at radius 2 is 1.74 bits per heavy atom. The van der Waals surface area contributed by atoms with Gasteiger partial charge in [0, 0.05) is 43.7 Å². The Morgan fingerprint density at radius 3 is 2.53 bits per heavy atom. The smallest absolute Gasteiger partial charge is 0.0485 e. The zero-order valence-corrected chi connectivity index (χ0v) is 11.6. The van der Waals surface area contributed by atoms with Crippen LogP contribution in [0.25, 0.3) is 0 Å². The summed E-state index contributed by atoms with van der Waals surface area (Å²) in [6, 6.07) is 9.51. The van der Waals surface area contributed by atoms with E-state index in [9.17, 15) is 0 Å². The lowest BCUT2D eigenvalue weighted by Crippen LogP contribution is -2.20. The van der Waals surface area contributed by atoms with Gasteiger partial charge in [0.25, 0.3) is 0 Å². The molecule has 2 aliphatic heterocycles. The van der Waals surface area contributed by atoms with Gasteiger partial charge in [-0.05, 0) is 56.4 Å². The van der Waals surface area contributed by atoms with Crippen LogP contribution in [0.3, 0.4) is 0 Å². The highest BCUT2D eigenvalue weighted by molar-refractivity contribution is 5.55. The average Bonchev–Trinajstić information content (AvgIpc) is 2.86. The molecule has 0 aromatic heterocycles. The molecule has 2 heterocycles. The molecule has 1 N–H and O–H groups in total. The van der Waals surface area contributed by atoms with Gasteiger partial charge in [0.2, 0.25) is 0 Å². The Bertz CT molecular complexity index is 376. The molecule has 2 saturated heterocycles. The molecule has 1 aromatic carbocycles. The number of nitrogens with one attached hydrogen (secondary N) is 1. The van der Waals surface area contributed by atoms with Gasteiger partial charge >= 0.3 is 0 Å². The summed E-state index contributed by atoms with van der Waals surface area (Å²) in [6.07, 6.45) is 6.18. The first-order chi connectivity index (χ1) is 9.42. The summed E-state index contributed by atoms with van der Waals surface area (Å²) < 4.78 is 5.50. The van der Waals surface area contributed by atoms with Gasteiger partial charge in [0.1, 0.15) is 0 Å². The molecule has 0 bridgehead atoms. The SMILES string of the molecule is c1cc(N2CCCC2)ccc1NC1CCCOCC1. The molecular weight excluding hydrogens is 236 g/mol. The van der Waals surface area contributed by atoms with Crippen LogP contribution in [-0.4, -0.2) is 32.3 Å². The maximum atomic E-state index is 5.50. The molecule has 3 nitrogen and oxygen atoms in total. The van der Waals surface area contributed by atoms with Gasteiger partial charge in [-0.3, -0.25) is 0 Å². The van der Waals surface area contributed by atoms with Crippen molar-refractivity contribution >= 4 is 11.4 Å². The molecule has 3 rings (SSSR count). The van der Waals surface area contributed by atoms with E-state index in [4.69, 9.17) is 4.74 Å². The van der Waals surface area contributed by atoms with E-state index < -0.39 is 0 Å². The van der Waals surface area contributed by atoms with E-state index in [1.165, 1.54) is 50.1 Å². The summed E-state index contributed by atoms with van der Waals surface area (Å²) in [7, 11) is 0. The number of nitrogens with zero attached hydrogens (tertiary/aromatic N) is 1. The summed E-state index contributed by atoms with van der Waals surface area (Å²) in [5, 5.41) is 3.64. The van der Waals surface area contributed by atoms with Crippen molar-refractivity contribution in [2.75, 3.05) is 36.5 Å². The molecule has 1 aromatic rings. The summed E-state index contributed by atoms with van der Waals surface area (Å²) in [6.45, 7) is 4.25. The fraction of sp³-hybridized carbons (Fsp3) is 0.625. The summed E-state index contributed by atoms with van der Waals surface area (Å²) in [4.78, 5) is 2.48. The Morgan fingerprint density at radius 1 is 0.947 bits per heavy atom. The van der Waals surface area contributed by atoms with Crippen molar-refractivity contribution < 1.29 is 4.74 Å². The molecule has 3 heteroatoms. The lowest BCUT2D eigenvalue weighted by Gasteiger charge is -2.20. The number of hydrogen-bond acceptors (Lipinski definition) is 3. The molecule has 1 atom stereocenters. The van der Waals surface area contributed by atoms with Gasteiger partial charge in [0.05, 0.1) is 0 Å². The minimum atomic E-state index is 0.570. The normalized spacial score (nSPS) is 24.2. The van der Waals surface area contributed by atoms with Gasteiger partial charge in [0.15, 0.2) is 0 Å². The molecule has 104 valence electrons. The number of anilines is 2. The molecule has 0 spiro atoms. The quantitative estimate of drug-likeness (QED) is 0.902. The molecule has 0 aliphatic carbocycles. The van der Waals surface area contributed by atoms with Crippen LogP contribution in [-0.2, 0) is 4.74 Å². The second-order valence-corrected chi connectivity index (χ2v) is 5.63. The average molecular weight is 260 g/mol. The van der Waals surface area contributed by atoms with E-state index in [2.05, 4.69) is 34.5 Å². The second kappa shape index (κ2) is 6.29. The van der Waals surface area contributed by atoms with Gasteiger partial charge in [-0.25, -0.2) is 0 Å². The van der Waals surface area contributed by atoms with Crippen molar-refractivity contribution in [2.24, 2.45) is 0 Å². The highest BCUT2D eigenvalue weighted by Crippen LogP contribution is 2.23. The van der Waals surface area contributed by atoms with Crippen LogP contribution in [0, 0.1) is 0 Å². The van der Waals surface area contributed by atoms with Gasteiger partial charge in [-0.15, -0.1) is 0 Å². The van der Waals surface area contributed by atoms with Crippen LogP contribution in [0.2, 0.25) is 0 Å². The van der Waals surface area contributed by atoms with Crippen molar-refractivity contribution in [2.45, 2.75) is 38.1 Å². The lowest BCUT2D eigenvalue weighted by atomic mass is 10.1. The molecule has 0 radical (unpaired) electrons. The number of hydrogen-bond donors (Lipinski definition) is 1. The van der Waals surface area contributed by atoms with Crippen LogP contribution in [0.5, 0.6) is 0 Å². The topological polar surface area (TPSA) is 24.5 Å². The van der Waals surface area contributed by atoms with Crippen molar-refractivity contribution in [1.82, 2.24) is 0 Å². The maximum Gasteiger partial charge on any atom is 0.0485 e.